The normalized spacial score (nSPS) is 36.0. The Hall–Kier alpha value is -2.81. The van der Waals surface area contributed by atoms with Gasteiger partial charge in [-0.15, -0.1) is 6.58 Å². The number of Topliss-reactive ketones (excluding diaryl/α,β-unsaturated/α-hetero) is 1. The zero-order valence-electron chi connectivity index (χ0n) is 84.4. The van der Waals surface area contributed by atoms with Crippen LogP contribution in [0.5, 0.6) is 5.75 Å². The van der Waals surface area contributed by atoms with Crippen LogP contribution in [0.1, 0.15) is 246 Å². The van der Waals surface area contributed by atoms with Gasteiger partial charge in [0.15, 0.2) is 53.2 Å². The van der Waals surface area contributed by atoms with Crippen LogP contribution in [0.3, 0.4) is 0 Å². The third-order valence-corrected chi connectivity index (χ3v) is 55.7. The zero-order valence-corrected chi connectivity index (χ0v) is 89.4. The molecule has 0 aliphatic carbocycles. The molecule has 27 heteroatoms. The third kappa shape index (κ3) is 23.8. The van der Waals surface area contributed by atoms with E-state index in [9.17, 15) is 0 Å². The van der Waals surface area contributed by atoms with Crippen LogP contribution in [0.25, 0.3) is 0 Å². The maximum Gasteiger partial charge on any atom is 0.308 e. The molecular weight excluding hydrogens is 1710 g/mol. The van der Waals surface area contributed by atoms with Crippen LogP contribution in [-0.4, -0.2) is 231 Å². The summed E-state index contributed by atoms with van der Waals surface area (Å²) >= 11 is 0. The molecule has 12 aliphatic heterocycles. The lowest BCUT2D eigenvalue weighted by Crippen LogP contribution is -2.63. The second kappa shape index (κ2) is 40.0. The molecular formula is C101H170O22Si5. The molecule has 726 valence electrons. The van der Waals surface area contributed by atoms with Gasteiger partial charge in [0, 0.05) is 57.3 Å². The van der Waals surface area contributed by atoms with E-state index in [0.717, 1.165) is 48.1 Å². The molecule has 0 saturated carbocycles. The lowest BCUT2D eigenvalue weighted by Gasteiger charge is -2.53. The van der Waals surface area contributed by atoms with Crippen LogP contribution < -0.4 is 4.74 Å². The van der Waals surface area contributed by atoms with Crippen LogP contribution in [0.4, 0.5) is 0 Å². The number of ketones is 2. The van der Waals surface area contributed by atoms with Crippen LogP contribution in [0.15, 0.2) is 73.4 Å². The van der Waals surface area contributed by atoms with Crippen molar-refractivity contribution in [3.8, 4) is 5.75 Å². The van der Waals surface area contributed by atoms with Gasteiger partial charge < -0.3 is 88.4 Å². The molecule has 22 nitrogen and oxygen atoms in total. The molecule has 1 aromatic carbocycles. The molecule has 0 amide bonds. The molecule has 29 atom stereocenters. The van der Waals surface area contributed by atoms with Crippen molar-refractivity contribution < 1.29 is 103 Å². The Balaban J connectivity index is 0.795. The third-order valence-electron chi connectivity index (χ3n) is 33.1. The van der Waals surface area contributed by atoms with E-state index in [0.29, 0.717) is 64.4 Å². The fourth-order valence-electron chi connectivity index (χ4n) is 20.1. The van der Waals surface area contributed by atoms with E-state index in [4.69, 9.17) is 88.4 Å². The van der Waals surface area contributed by atoms with E-state index in [2.05, 4.69) is 210 Å². The number of carbonyl (C=O) groups excluding carboxylic acids is 3. The molecule has 12 fully saturated rings. The highest BCUT2D eigenvalue weighted by Gasteiger charge is 2.76. The van der Waals surface area contributed by atoms with Gasteiger partial charge in [-0.05, 0) is 188 Å². The van der Waals surface area contributed by atoms with Crippen molar-refractivity contribution in [2.75, 3.05) is 20.3 Å². The summed E-state index contributed by atoms with van der Waals surface area (Å²) in [5, 5.41) is -0.447. The molecule has 12 saturated heterocycles. The summed E-state index contributed by atoms with van der Waals surface area (Å²) in [4.78, 5) is 45.8. The Morgan fingerprint density at radius 3 is 1.84 bits per heavy atom. The summed E-state index contributed by atoms with van der Waals surface area (Å²) in [6.07, 6.45) is 2.79. The minimum Gasteiger partial charge on any atom is -0.497 e. The Bertz CT molecular complexity index is 4000. The van der Waals surface area contributed by atoms with E-state index in [1.54, 1.807) is 19.3 Å². The zero-order chi connectivity index (χ0) is 94.2. The number of esters is 1. The summed E-state index contributed by atoms with van der Waals surface area (Å²) in [6, 6.07) is 7.75. The fourth-order valence-corrected chi connectivity index (χ4v) is 26.5. The van der Waals surface area contributed by atoms with E-state index >= 15 is 14.4 Å². The smallest absolute Gasteiger partial charge is 0.308 e. The van der Waals surface area contributed by atoms with Crippen LogP contribution >= 0.6 is 0 Å². The molecule has 1 aromatic rings. The maximum absolute atomic E-state index is 15.3. The first kappa shape index (κ1) is 104. The molecule has 0 radical (unpaired) electrons. The van der Waals surface area contributed by atoms with Gasteiger partial charge in [-0.2, -0.15) is 0 Å². The van der Waals surface area contributed by atoms with Gasteiger partial charge in [-0.3, -0.25) is 14.4 Å². The SMILES string of the molecule is C=CCO[C@]12C[C@]34CC[C@H]5CC(=C)[C@H](CC[C@H]6C[C@@H](C)C(=C)[C@@H](C[C@@H]7O[C@H]8C[C@@H](O[Si](C)(C)C(C)(C)C)[C@@H](CC(=O)/C=C/[C@@H](OCc9ccc(OC)cc9)[C@@H](C)CC(=O)C[C@H](C)[C@@H]9O[C@H]([C@H](C[C@H](CO[Si](C)(C)C(C)(C)C)O[Si](C)(C)C(C)(C)C)O[Si](C)(C)C(C)(C)C)C[C@@H]9O[Si](C)(C)C(C)(C)C)O[C@H]8[C@H](C)[C@H]7OC(=O)C[C@H]7CC[C@@H]8O[C@H]([C@@H](O1)[C@@H](O3)[C@H]8O7)[C@H]2O4)O6)O5. The van der Waals surface area contributed by atoms with Gasteiger partial charge in [0.2, 0.25) is 5.79 Å². The Morgan fingerprint density at radius 2 is 1.20 bits per heavy atom. The number of methoxy groups -OCH3 is 1. The monoisotopic (exact) mass is 1880 g/mol. The Kier molecular flexibility index (Phi) is 32.5. The molecule has 12 heterocycles. The maximum atomic E-state index is 15.3. The van der Waals surface area contributed by atoms with E-state index in [-0.39, 0.29) is 142 Å². The average Bonchev–Trinajstić information content (AvgIpc) is 1.52. The summed E-state index contributed by atoms with van der Waals surface area (Å²) in [5.74, 6) is -2.92. The number of hydrogen-bond acceptors (Lipinski definition) is 22. The van der Waals surface area contributed by atoms with Crippen molar-refractivity contribution in [1.29, 1.82) is 0 Å². The van der Waals surface area contributed by atoms with Gasteiger partial charge >= 0.3 is 5.97 Å². The van der Waals surface area contributed by atoms with Crippen LogP contribution in [-0.2, 0) is 105 Å². The highest BCUT2D eigenvalue weighted by atomic mass is 28.4. The number of ether oxygens (including phenoxy) is 14. The number of fused-ring (bicyclic) bond motifs is 7. The lowest BCUT2D eigenvalue weighted by atomic mass is 9.79. The first-order valence-electron chi connectivity index (χ1n) is 49.0. The topological polar surface area (TPSA) is 227 Å². The Morgan fingerprint density at radius 1 is 0.594 bits per heavy atom. The summed E-state index contributed by atoms with van der Waals surface area (Å²) in [7, 11) is -10.4. The number of allylic oxidation sites excluding steroid dienone is 1. The van der Waals surface area contributed by atoms with Gasteiger partial charge in [-0.25, -0.2) is 0 Å². The van der Waals surface area contributed by atoms with E-state index in [1.807, 2.05) is 37.3 Å². The first-order valence-corrected chi connectivity index (χ1v) is 63.5. The minimum absolute atomic E-state index is 0.00160. The number of hydrogen-bond donors (Lipinski definition) is 0. The van der Waals surface area contributed by atoms with Crippen molar-refractivity contribution in [3.63, 3.8) is 0 Å². The van der Waals surface area contributed by atoms with Gasteiger partial charge in [0.25, 0.3) is 0 Å². The molecule has 12 bridgehead atoms. The summed E-state index contributed by atoms with van der Waals surface area (Å²) in [5.41, 5.74) is 2.96. The quantitative estimate of drug-likeness (QED) is 0.0291. The minimum atomic E-state index is -2.58. The average molecular weight is 1880 g/mol. The first-order chi connectivity index (χ1) is 59.2. The van der Waals surface area contributed by atoms with Crippen LogP contribution in [0.2, 0.25) is 90.7 Å². The predicted molar refractivity (Wildman–Crippen MR) is 512 cm³/mol. The van der Waals surface area contributed by atoms with Gasteiger partial charge in [-0.1, -0.05) is 169 Å². The molecule has 0 aromatic heterocycles. The van der Waals surface area contributed by atoms with Crippen molar-refractivity contribution in [1.82, 2.24) is 0 Å². The number of carbonyl (C=O) groups is 3. The lowest BCUT2D eigenvalue weighted by molar-refractivity contribution is -0.305. The molecule has 0 unspecified atom stereocenters. The number of benzene rings is 1. The van der Waals surface area contributed by atoms with Crippen molar-refractivity contribution in [2.45, 2.75) is 490 Å². The summed E-state index contributed by atoms with van der Waals surface area (Å²) < 4.78 is 135. The fraction of sp³-hybridized carbons (Fsp3) is 0.832. The van der Waals surface area contributed by atoms with E-state index in [1.165, 1.54) is 0 Å². The van der Waals surface area contributed by atoms with Gasteiger partial charge in [0.05, 0.1) is 144 Å². The molecule has 13 rings (SSSR count). The predicted octanol–water partition coefficient (Wildman–Crippen LogP) is 21.2. The second-order valence-corrected chi connectivity index (χ2v) is 72.0. The highest BCUT2D eigenvalue weighted by Crippen LogP contribution is 2.60. The van der Waals surface area contributed by atoms with Crippen LogP contribution in [0, 0.1) is 23.7 Å². The molecule has 1 spiro atoms. The standard InChI is InChI=1S/C101H170O22Si5/c1-34-47-107-101-60-100-46-45-73-51-63(4)76(109-73)43-40-71-50-61(2)65(6)78(110-71)55-83-89(116-86(104)54-72-41-44-77-90(111-72)91(117-100)92(118-101)93(113-77)94(101)119-100)66(7)88-84(112-83)57-82(122-127(30,31)98(17,18)19)79(115-88)52-68(102)37-42-75(106-58-67-35-38-70(105-23)39-36-67)62(3)48-69(103)49-64(5)87-85(123-128(32,33)99(20,21)22)56-80(114-87)81(121-126(28,29)97(14,15)16)53-74(120-125(26,27)96(11,12)13)59-108-124(24,25)95(8,9)10/h34-39,42,61-62,64,66,71-85,87-94H,1,4,6,40-41,43-60H2,2-3,5,7-33H3/b42-37+/t61-,62+,64+,66+,71+,72-,73+,74-,75-,76+,77+,78-,79-,80+,81+,82-,83+,84+,85+,87+,88+,89-,90+,91+,92+,93-,94-,100-,101-/m1/s1. The summed E-state index contributed by atoms with van der Waals surface area (Å²) in [6.45, 7) is 79.8. The number of rotatable bonds is 31. The van der Waals surface area contributed by atoms with E-state index < -0.39 is 157 Å². The van der Waals surface area contributed by atoms with Gasteiger partial charge in [0.1, 0.15) is 48.2 Å². The van der Waals surface area contributed by atoms with Crippen molar-refractivity contribution in [3.05, 3.63) is 78.9 Å². The molecule has 12 aliphatic rings. The molecule has 0 N–H and O–H groups in total. The Labute approximate surface area is 775 Å². The van der Waals surface area contributed by atoms with Crippen molar-refractivity contribution in [2.24, 2.45) is 23.7 Å². The largest absolute Gasteiger partial charge is 0.497 e. The second-order valence-electron chi connectivity index (χ2n) is 48.2. The molecule has 128 heavy (non-hydrogen) atoms. The van der Waals surface area contributed by atoms with Crippen molar-refractivity contribution >= 4 is 59.1 Å². The highest BCUT2D eigenvalue weighted by molar-refractivity contribution is 6.76.